The first kappa shape index (κ1) is 19.7. The molecule has 1 aliphatic heterocycles. The number of hydrogen-bond acceptors (Lipinski definition) is 6. The van der Waals surface area contributed by atoms with E-state index in [9.17, 15) is 9.59 Å². The number of amides is 2. The van der Waals surface area contributed by atoms with E-state index in [1.807, 2.05) is 20.8 Å². The predicted molar refractivity (Wildman–Crippen MR) is 85.1 cm³/mol. The third-order valence-electron chi connectivity index (χ3n) is 3.38. The molecule has 134 valence electrons. The Labute approximate surface area is 137 Å². The monoisotopic (exact) mass is 331 g/mol. The number of methoxy groups -OCH3 is 1. The summed E-state index contributed by atoms with van der Waals surface area (Å²) in [4.78, 5) is 27.6. The molecule has 0 aliphatic carbocycles. The minimum absolute atomic E-state index is 0.00764. The molecular weight excluding hydrogens is 302 g/mol. The molecule has 1 fully saturated rings. The Hall–Kier alpha value is -1.38. The van der Waals surface area contributed by atoms with Crippen molar-refractivity contribution >= 4 is 12.0 Å². The van der Waals surface area contributed by atoms with E-state index >= 15 is 0 Å². The minimum atomic E-state index is -0.544. The summed E-state index contributed by atoms with van der Waals surface area (Å²) in [5.41, 5.74) is 5.22. The normalized spacial score (nSPS) is 18.9. The van der Waals surface area contributed by atoms with E-state index < -0.39 is 5.60 Å². The maximum absolute atomic E-state index is 12.2. The Bertz CT molecular complexity index is 397. The number of nitrogens with zero attached hydrogens (tertiary/aromatic N) is 2. The Balaban J connectivity index is 2.51. The molecule has 2 N–H and O–H groups in total. The molecule has 2 amide bonds. The lowest BCUT2D eigenvalue weighted by Gasteiger charge is -2.41. The molecule has 8 nitrogen and oxygen atoms in total. The van der Waals surface area contributed by atoms with Gasteiger partial charge in [0.1, 0.15) is 12.2 Å². The number of rotatable bonds is 6. The Kier molecular flexibility index (Phi) is 7.74. The van der Waals surface area contributed by atoms with E-state index in [-0.39, 0.29) is 31.2 Å². The van der Waals surface area contributed by atoms with Crippen LogP contribution in [-0.2, 0) is 19.0 Å². The van der Waals surface area contributed by atoms with Crippen molar-refractivity contribution in [2.75, 3.05) is 53.1 Å². The first-order valence-corrected chi connectivity index (χ1v) is 7.82. The first-order valence-electron chi connectivity index (χ1n) is 7.82. The van der Waals surface area contributed by atoms with Crippen LogP contribution in [0.2, 0.25) is 0 Å². The van der Waals surface area contributed by atoms with Crippen LogP contribution in [0.15, 0.2) is 0 Å². The second kappa shape index (κ2) is 9.05. The lowest BCUT2D eigenvalue weighted by Crippen LogP contribution is -2.60. The summed E-state index contributed by atoms with van der Waals surface area (Å²) in [6.07, 6.45) is -0.376. The number of ether oxygens (including phenoxy) is 3. The molecule has 8 heteroatoms. The zero-order valence-corrected chi connectivity index (χ0v) is 14.5. The van der Waals surface area contributed by atoms with Gasteiger partial charge in [-0.05, 0) is 20.8 Å². The van der Waals surface area contributed by atoms with Crippen LogP contribution in [0, 0.1) is 0 Å². The van der Waals surface area contributed by atoms with Gasteiger partial charge in [-0.25, -0.2) is 4.79 Å². The molecule has 0 spiro atoms. The number of nitrogens with two attached hydrogens (primary N) is 1. The van der Waals surface area contributed by atoms with E-state index in [0.717, 1.165) is 0 Å². The molecule has 1 rings (SSSR count). The van der Waals surface area contributed by atoms with Gasteiger partial charge in [0.25, 0.3) is 0 Å². The van der Waals surface area contributed by atoms with E-state index in [2.05, 4.69) is 0 Å². The topological polar surface area (TPSA) is 94.3 Å². The van der Waals surface area contributed by atoms with Crippen LogP contribution < -0.4 is 5.73 Å². The average Bonchev–Trinajstić information content (AvgIpc) is 2.49. The van der Waals surface area contributed by atoms with Crippen molar-refractivity contribution in [2.24, 2.45) is 5.73 Å². The van der Waals surface area contributed by atoms with Crippen molar-refractivity contribution in [2.45, 2.75) is 32.4 Å². The van der Waals surface area contributed by atoms with Crippen molar-refractivity contribution in [3.8, 4) is 0 Å². The van der Waals surface area contributed by atoms with E-state index in [0.29, 0.717) is 32.8 Å². The molecule has 0 radical (unpaired) electrons. The fraction of sp³-hybridized carbons (Fsp3) is 0.867. The fourth-order valence-electron chi connectivity index (χ4n) is 2.26. The van der Waals surface area contributed by atoms with Crippen LogP contribution in [0.3, 0.4) is 0 Å². The highest BCUT2D eigenvalue weighted by molar-refractivity contribution is 5.78. The second-order valence-corrected chi connectivity index (χ2v) is 6.45. The predicted octanol–water partition coefficient (Wildman–Crippen LogP) is 0.0560. The van der Waals surface area contributed by atoms with Crippen LogP contribution >= 0.6 is 0 Å². The lowest BCUT2D eigenvalue weighted by molar-refractivity contribution is -0.141. The largest absolute Gasteiger partial charge is 0.444 e. The molecule has 0 aromatic heterocycles. The quantitative estimate of drug-likeness (QED) is 0.692. The summed E-state index contributed by atoms with van der Waals surface area (Å²) in [7, 11) is 1.57. The average molecular weight is 331 g/mol. The van der Waals surface area contributed by atoms with Crippen LogP contribution in [0.4, 0.5) is 4.79 Å². The summed E-state index contributed by atoms with van der Waals surface area (Å²) < 4.78 is 15.5. The van der Waals surface area contributed by atoms with Gasteiger partial charge < -0.3 is 29.7 Å². The van der Waals surface area contributed by atoms with E-state index in [1.54, 1.807) is 16.9 Å². The van der Waals surface area contributed by atoms with E-state index in [4.69, 9.17) is 19.9 Å². The third kappa shape index (κ3) is 6.72. The molecular formula is C15H29N3O5. The Morgan fingerprint density at radius 3 is 2.48 bits per heavy atom. The Morgan fingerprint density at radius 1 is 1.22 bits per heavy atom. The molecule has 0 aromatic carbocycles. The first-order chi connectivity index (χ1) is 10.8. The summed E-state index contributed by atoms with van der Waals surface area (Å²) in [5, 5.41) is 0. The summed E-state index contributed by atoms with van der Waals surface area (Å²) in [5.74, 6) is -0.125. The van der Waals surface area contributed by atoms with Crippen molar-refractivity contribution in [1.82, 2.24) is 9.80 Å². The standard InChI is InChI=1S/C15H29N3O5/c1-15(2,3)23-14(20)17-5-6-18(12(9-16)10-17)13(19)11-22-8-7-21-4/h12H,5-11,16H2,1-4H3. The van der Waals surface area contributed by atoms with Gasteiger partial charge in [0.2, 0.25) is 5.91 Å². The minimum Gasteiger partial charge on any atom is -0.444 e. The van der Waals surface area contributed by atoms with Gasteiger partial charge >= 0.3 is 6.09 Å². The summed E-state index contributed by atoms with van der Waals surface area (Å²) >= 11 is 0. The highest BCUT2D eigenvalue weighted by atomic mass is 16.6. The highest BCUT2D eigenvalue weighted by Gasteiger charge is 2.33. The van der Waals surface area contributed by atoms with Crippen molar-refractivity contribution in [1.29, 1.82) is 0 Å². The van der Waals surface area contributed by atoms with Gasteiger partial charge in [0, 0.05) is 33.3 Å². The van der Waals surface area contributed by atoms with Crippen molar-refractivity contribution < 1.29 is 23.8 Å². The molecule has 0 saturated carbocycles. The van der Waals surface area contributed by atoms with Gasteiger partial charge in [-0.15, -0.1) is 0 Å². The van der Waals surface area contributed by atoms with E-state index in [1.165, 1.54) is 0 Å². The maximum atomic E-state index is 12.2. The fourth-order valence-corrected chi connectivity index (χ4v) is 2.26. The third-order valence-corrected chi connectivity index (χ3v) is 3.38. The van der Waals surface area contributed by atoms with Gasteiger partial charge in [-0.1, -0.05) is 0 Å². The second-order valence-electron chi connectivity index (χ2n) is 6.45. The lowest BCUT2D eigenvalue weighted by atomic mass is 10.1. The van der Waals surface area contributed by atoms with Crippen molar-refractivity contribution in [3.63, 3.8) is 0 Å². The number of hydrogen-bond donors (Lipinski definition) is 1. The SMILES string of the molecule is COCCOCC(=O)N1CCN(C(=O)OC(C)(C)C)CC1CN. The van der Waals surface area contributed by atoms with Gasteiger partial charge in [0.15, 0.2) is 0 Å². The molecule has 0 bridgehead atoms. The van der Waals surface area contributed by atoms with Crippen LogP contribution in [0.5, 0.6) is 0 Å². The smallest absolute Gasteiger partial charge is 0.410 e. The van der Waals surface area contributed by atoms with Gasteiger partial charge in [0.05, 0.1) is 19.3 Å². The van der Waals surface area contributed by atoms with Crippen LogP contribution in [0.1, 0.15) is 20.8 Å². The molecule has 1 atom stereocenters. The molecule has 23 heavy (non-hydrogen) atoms. The van der Waals surface area contributed by atoms with Crippen LogP contribution in [-0.4, -0.2) is 86.6 Å². The van der Waals surface area contributed by atoms with Gasteiger partial charge in [-0.2, -0.15) is 0 Å². The number of carbonyl (C=O) groups is 2. The molecule has 1 unspecified atom stereocenters. The van der Waals surface area contributed by atoms with Gasteiger partial charge in [-0.3, -0.25) is 4.79 Å². The molecule has 1 saturated heterocycles. The molecule has 1 heterocycles. The highest BCUT2D eigenvalue weighted by Crippen LogP contribution is 2.15. The molecule has 0 aromatic rings. The zero-order chi connectivity index (χ0) is 17.5. The van der Waals surface area contributed by atoms with Crippen LogP contribution in [0.25, 0.3) is 0 Å². The Morgan fingerprint density at radius 2 is 1.91 bits per heavy atom. The summed E-state index contributed by atoms with van der Waals surface area (Å²) in [6, 6.07) is -0.227. The molecule has 1 aliphatic rings. The van der Waals surface area contributed by atoms with Crippen molar-refractivity contribution in [3.05, 3.63) is 0 Å². The summed E-state index contributed by atoms with van der Waals surface area (Å²) in [6.45, 7) is 7.77. The maximum Gasteiger partial charge on any atom is 0.410 e. The number of carbonyl (C=O) groups excluding carboxylic acids is 2. The number of piperazine rings is 1. The zero-order valence-electron chi connectivity index (χ0n) is 14.5.